The van der Waals surface area contributed by atoms with Gasteiger partial charge in [-0.25, -0.2) is 0 Å². The highest BCUT2D eigenvalue weighted by Crippen LogP contribution is 2.64. The Morgan fingerprint density at radius 1 is 1.28 bits per heavy atom. The van der Waals surface area contributed by atoms with E-state index in [1.54, 1.807) is 0 Å². The lowest BCUT2D eigenvalue weighted by molar-refractivity contribution is -0.122. The number of fused-ring (bicyclic) bond motifs is 2. The number of halogens is 1. The number of thioether (sulfide) groups is 1. The number of nitrogens with one attached hydrogen (secondary N) is 2. The van der Waals surface area contributed by atoms with Gasteiger partial charge in [-0.2, -0.15) is 5.10 Å². The zero-order valence-electron chi connectivity index (χ0n) is 16.8. The molecular formula is C21H25BrN4O2S. The molecule has 3 fully saturated rings. The van der Waals surface area contributed by atoms with Gasteiger partial charge in [-0.05, 0) is 54.9 Å². The minimum atomic E-state index is -0.489. The van der Waals surface area contributed by atoms with E-state index in [-0.39, 0.29) is 29.1 Å². The quantitative estimate of drug-likeness (QED) is 0.624. The Labute approximate surface area is 183 Å². The van der Waals surface area contributed by atoms with Crippen LogP contribution in [0.5, 0.6) is 0 Å². The Hall–Kier alpha value is -1.67. The lowest BCUT2D eigenvalue weighted by Gasteiger charge is -2.34. The number of benzene rings is 1. The van der Waals surface area contributed by atoms with Crippen molar-refractivity contribution >= 4 is 56.1 Å². The number of carbonyl (C=O) groups is 2. The summed E-state index contributed by atoms with van der Waals surface area (Å²) >= 11 is 4.64. The van der Waals surface area contributed by atoms with E-state index in [1.807, 2.05) is 24.3 Å². The topological polar surface area (TPSA) is 82.9 Å². The Bertz CT molecular complexity index is 912. The molecule has 3 unspecified atom stereocenters. The van der Waals surface area contributed by atoms with Crippen LogP contribution in [0.4, 0.5) is 5.69 Å². The maximum atomic E-state index is 12.3. The van der Waals surface area contributed by atoms with Crippen molar-refractivity contribution in [2.24, 2.45) is 27.0 Å². The Morgan fingerprint density at radius 2 is 2.00 bits per heavy atom. The number of amides is 2. The summed E-state index contributed by atoms with van der Waals surface area (Å²) in [5.74, 6) is 0.265. The van der Waals surface area contributed by atoms with Crippen molar-refractivity contribution in [3.05, 3.63) is 28.7 Å². The highest BCUT2D eigenvalue weighted by molar-refractivity contribution is 9.10. The average Bonchev–Trinajstić information content (AvgIpc) is 3.18. The molecule has 4 rings (SSSR count). The van der Waals surface area contributed by atoms with E-state index in [9.17, 15) is 9.59 Å². The normalized spacial score (nSPS) is 32.8. The largest absolute Gasteiger partial charge is 0.326 e. The molecule has 1 saturated heterocycles. The molecule has 1 aromatic carbocycles. The van der Waals surface area contributed by atoms with E-state index in [0.717, 1.165) is 23.0 Å². The third kappa shape index (κ3) is 3.77. The Kier molecular flexibility index (Phi) is 5.36. The molecule has 2 N–H and O–H groups in total. The molecule has 0 radical (unpaired) electrons. The van der Waals surface area contributed by atoms with Crippen LogP contribution in [0.3, 0.4) is 0 Å². The molecule has 154 valence electrons. The predicted octanol–water partition coefficient (Wildman–Crippen LogP) is 4.57. The van der Waals surface area contributed by atoms with Gasteiger partial charge in [-0.1, -0.05) is 48.5 Å². The van der Waals surface area contributed by atoms with Crippen molar-refractivity contribution in [1.29, 1.82) is 0 Å². The summed E-state index contributed by atoms with van der Waals surface area (Å²) in [5, 5.41) is 14.5. The van der Waals surface area contributed by atoms with Crippen LogP contribution in [-0.2, 0) is 9.59 Å². The van der Waals surface area contributed by atoms with Crippen LogP contribution in [0.15, 0.2) is 38.9 Å². The Morgan fingerprint density at radius 3 is 2.62 bits per heavy atom. The number of rotatable bonds is 4. The first-order chi connectivity index (χ1) is 13.7. The van der Waals surface area contributed by atoms with E-state index in [4.69, 9.17) is 0 Å². The van der Waals surface area contributed by atoms with Crippen molar-refractivity contribution in [3.8, 4) is 0 Å². The van der Waals surface area contributed by atoms with E-state index < -0.39 is 5.25 Å². The van der Waals surface area contributed by atoms with Gasteiger partial charge >= 0.3 is 0 Å². The number of amidine groups is 1. The van der Waals surface area contributed by atoms with Gasteiger partial charge in [0, 0.05) is 27.7 Å². The molecule has 1 heterocycles. The number of hydrogen-bond acceptors (Lipinski definition) is 5. The first-order valence-electron chi connectivity index (χ1n) is 9.87. The molecule has 3 atom stereocenters. The molecule has 0 spiro atoms. The van der Waals surface area contributed by atoms with Gasteiger partial charge < -0.3 is 10.6 Å². The van der Waals surface area contributed by atoms with Crippen LogP contribution in [0.25, 0.3) is 0 Å². The van der Waals surface area contributed by atoms with Crippen molar-refractivity contribution in [1.82, 2.24) is 5.32 Å². The standard InChI is InChI=1S/C21H25BrN4O2S/c1-20(2)12-8-9-21(20,3)16(10-12)25-26-19-24-18(28)15(29-19)11-17(27)23-14-6-4-13(22)5-7-14/h4-7,12,15H,8-11H2,1-3H3,(H,23,27)(H,24,26,28)/b25-16-. The third-order valence-corrected chi connectivity index (χ3v) is 8.65. The lowest BCUT2D eigenvalue weighted by Crippen LogP contribution is -2.32. The molecule has 0 aromatic heterocycles. The van der Waals surface area contributed by atoms with Crippen molar-refractivity contribution in [3.63, 3.8) is 0 Å². The zero-order valence-corrected chi connectivity index (χ0v) is 19.2. The molecule has 2 saturated carbocycles. The van der Waals surface area contributed by atoms with E-state index >= 15 is 0 Å². The second kappa shape index (κ2) is 7.54. The van der Waals surface area contributed by atoms with Gasteiger partial charge in [-0.15, -0.1) is 5.10 Å². The predicted molar refractivity (Wildman–Crippen MR) is 121 cm³/mol. The minimum Gasteiger partial charge on any atom is -0.326 e. The second-order valence-electron chi connectivity index (χ2n) is 8.80. The summed E-state index contributed by atoms with van der Waals surface area (Å²) in [6.45, 7) is 6.94. The number of carbonyl (C=O) groups excluding carboxylic acids is 2. The summed E-state index contributed by atoms with van der Waals surface area (Å²) < 4.78 is 0.941. The third-order valence-electron chi connectivity index (χ3n) is 7.05. The molecule has 1 aliphatic heterocycles. The first-order valence-corrected chi connectivity index (χ1v) is 11.5. The molecule has 3 aliphatic rings. The summed E-state index contributed by atoms with van der Waals surface area (Å²) in [6.07, 6.45) is 3.47. The highest BCUT2D eigenvalue weighted by Gasteiger charge is 2.60. The van der Waals surface area contributed by atoms with Crippen molar-refractivity contribution < 1.29 is 9.59 Å². The van der Waals surface area contributed by atoms with Gasteiger partial charge in [0.25, 0.3) is 0 Å². The maximum absolute atomic E-state index is 12.3. The highest BCUT2D eigenvalue weighted by atomic mass is 79.9. The molecule has 29 heavy (non-hydrogen) atoms. The SMILES string of the molecule is CC12CCC(C/C1=N/N=C1NC(=O)C(CC(=O)Nc3ccc(Br)cc3)S1)C2(C)C. The van der Waals surface area contributed by atoms with E-state index in [2.05, 4.69) is 57.5 Å². The van der Waals surface area contributed by atoms with Crippen LogP contribution in [0, 0.1) is 16.7 Å². The fourth-order valence-corrected chi connectivity index (χ4v) is 5.87. The van der Waals surface area contributed by atoms with Crippen LogP contribution in [-0.4, -0.2) is 27.9 Å². The van der Waals surface area contributed by atoms with Gasteiger partial charge in [0.15, 0.2) is 5.17 Å². The summed E-state index contributed by atoms with van der Waals surface area (Å²) in [7, 11) is 0. The van der Waals surface area contributed by atoms with Gasteiger partial charge in [0.2, 0.25) is 11.8 Å². The van der Waals surface area contributed by atoms with Crippen LogP contribution in [0.2, 0.25) is 0 Å². The lowest BCUT2D eigenvalue weighted by atomic mass is 9.70. The molecule has 2 amide bonds. The van der Waals surface area contributed by atoms with Crippen LogP contribution < -0.4 is 10.6 Å². The monoisotopic (exact) mass is 476 g/mol. The summed E-state index contributed by atoms with van der Waals surface area (Å²) in [4.78, 5) is 24.5. The molecule has 1 aromatic rings. The summed E-state index contributed by atoms with van der Waals surface area (Å²) in [6, 6.07) is 7.33. The van der Waals surface area contributed by atoms with Crippen LogP contribution in [0.1, 0.15) is 46.5 Å². The minimum absolute atomic E-state index is 0.0823. The molecule has 2 bridgehead atoms. The Balaban J connectivity index is 1.38. The van der Waals surface area contributed by atoms with Gasteiger partial charge in [-0.3, -0.25) is 9.59 Å². The van der Waals surface area contributed by atoms with Crippen molar-refractivity contribution in [2.45, 2.75) is 51.7 Å². The maximum Gasteiger partial charge on any atom is 0.240 e. The van der Waals surface area contributed by atoms with Crippen molar-refractivity contribution in [2.75, 3.05) is 5.32 Å². The molecule has 8 heteroatoms. The van der Waals surface area contributed by atoms with Gasteiger partial charge in [0.05, 0.1) is 0 Å². The average molecular weight is 477 g/mol. The van der Waals surface area contributed by atoms with E-state index in [1.165, 1.54) is 18.2 Å². The molecule has 6 nitrogen and oxygen atoms in total. The molecular weight excluding hydrogens is 452 g/mol. The van der Waals surface area contributed by atoms with Gasteiger partial charge in [0.1, 0.15) is 5.25 Å². The zero-order chi connectivity index (χ0) is 20.8. The van der Waals surface area contributed by atoms with E-state index in [0.29, 0.717) is 16.8 Å². The number of anilines is 1. The summed E-state index contributed by atoms with van der Waals surface area (Å²) in [5.41, 5.74) is 2.16. The smallest absolute Gasteiger partial charge is 0.240 e. The van der Waals surface area contributed by atoms with Crippen LogP contribution >= 0.6 is 27.7 Å². The number of hydrogen-bond donors (Lipinski definition) is 2. The second-order valence-corrected chi connectivity index (χ2v) is 10.9. The fourth-order valence-electron chi connectivity index (χ4n) is 4.69. The molecule has 2 aliphatic carbocycles. The fraction of sp³-hybridized carbons (Fsp3) is 0.524. The first kappa shape index (κ1) is 20.6. The number of nitrogens with zero attached hydrogens (tertiary/aromatic N) is 2.